The number of rotatable bonds is 5. The van der Waals surface area contributed by atoms with Gasteiger partial charge in [-0.05, 0) is 24.6 Å². The van der Waals surface area contributed by atoms with Crippen LogP contribution in [-0.4, -0.2) is 88.4 Å². The van der Waals surface area contributed by atoms with E-state index >= 15 is 0 Å². The highest BCUT2D eigenvalue weighted by molar-refractivity contribution is 5.93. The van der Waals surface area contributed by atoms with E-state index in [0.717, 1.165) is 30.9 Å². The Morgan fingerprint density at radius 3 is 2.93 bits per heavy atom. The molecule has 2 amide bonds. The van der Waals surface area contributed by atoms with Gasteiger partial charge in [0.05, 0.1) is 24.8 Å². The van der Waals surface area contributed by atoms with Crippen molar-refractivity contribution in [2.24, 2.45) is 7.05 Å². The molecule has 9 nitrogen and oxygen atoms in total. The first-order valence-corrected chi connectivity index (χ1v) is 9.94. The zero-order valence-corrected chi connectivity index (χ0v) is 17.1. The van der Waals surface area contributed by atoms with Crippen molar-refractivity contribution in [1.29, 1.82) is 0 Å². The largest absolute Gasteiger partial charge is 0.375 e. The summed E-state index contributed by atoms with van der Waals surface area (Å²) in [5, 5.41) is 10.2. The van der Waals surface area contributed by atoms with Crippen LogP contribution in [0.3, 0.4) is 0 Å². The summed E-state index contributed by atoms with van der Waals surface area (Å²) in [4.78, 5) is 28.5. The van der Waals surface area contributed by atoms with Crippen LogP contribution in [0.4, 0.5) is 0 Å². The molecule has 3 atom stereocenters. The summed E-state index contributed by atoms with van der Waals surface area (Å²) in [5.74, 6) is -0.0752. The smallest absolute Gasteiger partial charge is 0.269 e. The molecule has 0 radical (unpaired) electrons. The van der Waals surface area contributed by atoms with Crippen LogP contribution in [0.15, 0.2) is 24.4 Å². The molecular formula is C20H28N6O3. The monoisotopic (exact) mass is 400 g/mol. The Labute approximate surface area is 170 Å². The normalized spacial score (nSPS) is 24.3. The van der Waals surface area contributed by atoms with E-state index in [9.17, 15) is 9.59 Å². The molecule has 2 saturated heterocycles. The van der Waals surface area contributed by atoms with Gasteiger partial charge in [0.2, 0.25) is 5.91 Å². The quantitative estimate of drug-likeness (QED) is 0.761. The highest BCUT2D eigenvalue weighted by Gasteiger charge is 2.38. The Kier molecular flexibility index (Phi) is 5.42. The standard InChI is InChI=1S/C20H28N6O3/c1-24(2)19(27)8-15-11-26-10-13(7-14(26)12-29-15)21-20(28)17-9-16(22-23-17)18-5-4-6-25(18)3/h4-6,9,13-15H,7-8,10-12H2,1-3H3,(H,21,28)(H,22,23)/t13-,14-,15-/m0/s1. The van der Waals surface area contributed by atoms with Gasteiger partial charge in [0.25, 0.3) is 5.91 Å². The van der Waals surface area contributed by atoms with Crippen LogP contribution in [0.25, 0.3) is 11.4 Å². The second kappa shape index (κ2) is 8.00. The van der Waals surface area contributed by atoms with E-state index in [1.807, 2.05) is 29.9 Å². The molecule has 4 heterocycles. The molecule has 156 valence electrons. The van der Waals surface area contributed by atoms with Gasteiger partial charge in [-0.1, -0.05) is 0 Å². The van der Waals surface area contributed by atoms with E-state index < -0.39 is 0 Å². The molecule has 2 aliphatic rings. The number of carbonyl (C=O) groups is 2. The highest BCUT2D eigenvalue weighted by Crippen LogP contribution is 2.25. The van der Waals surface area contributed by atoms with Gasteiger partial charge in [0.1, 0.15) is 11.4 Å². The van der Waals surface area contributed by atoms with Crippen LogP contribution < -0.4 is 5.32 Å². The predicted octanol–water partition coefficient (Wildman–Crippen LogP) is 0.465. The predicted molar refractivity (Wildman–Crippen MR) is 107 cm³/mol. The van der Waals surface area contributed by atoms with Gasteiger partial charge in [0.15, 0.2) is 0 Å². The lowest BCUT2D eigenvalue weighted by Gasteiger charge is -2.35. The lowest BCUT2D eigenvalue weighted by Crippen LogP contribution is -2.47. The summed E-state index contributed by atoms with van der Waals surface area (Å²) in [6, 6.07) is 6.02. The van der Waals surface area contributed by atoms with Crippen LogP contribution in [0.1, 0.15) is 23.3 Å². The molecule has 0 saturated carbocycles. The van der Waals surface area contributed by atoms with Gasteiger partial charge in [-0.3, -0.25) is 19.6 Å². The zero-order valence-electron chi connectivity index (χ0n) is 17.1. The van der Waals surface area contributed by atoms with Crippen molar-refractivity contribution in [3.63, 3.8) is 0 Å². The lowest BCUT2D eigenvalue weighted by molar-refractivity contribution is -0.134. The zero-order chi connectivity index (χ0) is 20.5. The molecule has 0 aliphatic carbocycles. The van der Waals surface area contributed by atoms with E-state index in [1.54, 1.807) is 25.1 Å². The Morgan fingerprint density at radius 1 is 1.38 bits per heavy atom. The fourth-order valence-corrected chi connectivity index (χ4v) is 4.11. The lowest BCUT2D eigenvalue weighted by atomic mass is 10.1. The van der Waals surface area contributed by atoms with Crippen molar-refractivity contribution in [2.45, 2.75) is 31.0 Å². The molecule has 0 unspecified atom stereocenters. The average molecular weight is 400 g/mol. The molecule has 0 aromatic carbocycles. The Morgan fingerprint density at radius 2 is 2.21 bits per heavy atom. The summed E-state index contributed by atoms with van der Waals surface area (Å²) in [6.07, 6.45) is 3.10. The number of fused-ring (bicyclic) bond motifs is 1. The number of carbonyl (C=O) groups excluding carboxylic acids is 2. The van der Waals surface area contributed by atoms with Crippen LogP contribution in [0.2, 0.25) is 0 Å². The number of hydrogen-bond acceptors (Lipinski definition) is 5. The summed E-state index contributed by atoms with van der Waals surface area (Å²) in [7, 11) is 5.46. The molecule has 9 heteroatoms. The van der Waals surface area contributed by atoms with Gasteiger partial charge in [-0.2, -0.15) is 5.10 Å². The maximum Gasteiger partial charge on any atom is 0.269 e. The Hall–Kier alpha value is -2.65. The Bertz CT molecular complexity index is 888. The maximum atomic E-state index is 12.7. The highest BCUT2D eigenvalue weighted by atomic mass is 16.5. The van der Waals surface area contributed by atoms with Crippen molar-refractivity contribution in [1.82, 2.24) is 29.9 Å². The van der Waals surface area contributed by atoms with Gasteiger partial charge in [-0.25, -0.2) is 0 Å². The number of morpholine rings is 1. The summed E-state index contributed by atoms with van der Waals surface area (Å²) >= 11 is 0. The van der Waals surface area contributed by atoms with Crippen molar-refractivity contribution in [2.75, 3.05) is 33.8 Å². The first kappa shape index (κ1) is 19.7. The van der Waals surface area contributed by atoms with E-state index in [-0.39, 0.29) is 30.0 Å². The second-order valence-electron chi connectivity index (χ2n) is 8.13. The van der Waals surface area contributed by atoms with Crippen molar-refractivity contribution >= 4 is 11.8 Å². The van der Waals surface area contributed by atoms with Crippen molar-refractivity contribution < 1.29 is 14.3 Å². The van der Waals surface area contributed by atoms with Crippen LogP contribution in [0, 0.1) is 0 Å². The number of amides is 2. The summed E-state index contributed by atoms with van der Waals surface area (Å²) in [6.45, 7) is 2.09. The van der Waals surface area contributed by atoms with Crippen LogP contribution in [0.5, 0.6) is 0 Å². The first-order valence-electron chi connectivity index (χ1n) is 9.94. The minimum atomic E-state index is -0.150. The molecule has 2 aromatic heterocycles. The maximum absolute atomic E-state index is 12.7. The molecule has 0 spiro atoms. The number of aromatic amines is 1. The molecule has 0 bridgehead atoms. The third kappa shape index (κ3) is 4.20. The molecule has 2 fully saturated rings. The number of hydrogen-bond donors (Lipinski definition) is 2. The first-order chi connectivity index (χ1) is 13.9. The number of aryl methyl sites for hydroxylation is 1. The molecule has 4 rings (SSSR count). The molecule has 29 heavy (non-hydrogen) atoms. The Balaban J connectivity index is 1.32. The molecule has 2 aromatic rings. The van der Waals surface area contributed by atoms with Crippen LogP contribution >= 0.6 is 0 Å². The van der Waals surface area contributed by atoms with Gasteiger partial charge in [0, 0.05) is 52.5 Å². The van der Waals surface area contributed by atoms with E-state index in [2.05, 4.69) is 20.4 Å². The van der Waals surface area contributed by atoms with Crippen molar-refractivity contribution in [3.8, 4) is 11.4 Å². The van der Waals surface area contributed by atoms with E-state index in [4.69, 9.17) is 4.74 Å². The number of aromatic nitrogens is 3. The third-order valence-corrected chi connectivity index (χ3v) is 5.76. The van der Waals surface area contributed by atoms with Gasteiger partial charge >= 0.3 is 0 Å². The third-order valence-electron chi connectivity index (χ3n) is 5.76. The van der Waals surface area contributed by atoms with Crippen LogP contribution in [-0.2, 0) is 16.6 Å². The van der Waals surface area contributed by atoms with Crippen molar-refractivity contribution in [3.05, 3.63) is 30.1 Å². The van der Waals surface area contributed by atoms with E-state index in [1.165, 1.54) is 0 Å². The minimum absolute atomic E-state index is 0.0567. The SMILES string of the molecule is CN(C)C(=O)C[C@H]1CN2C[C@@H](NC(=O)c3cc(-c4cccn4C)n[nH]3)C[C@H]2CO1. The number of nitrogens with zero attached hydrogens (tertiary/aromatic N) is 4. The number of nitrogens with one attached hydrogen (secondary N) is 2. The fraction of sp³-hybridized carbons (Fsp3) is 0.550. The summed E-state index contributed by atoms with van der Waals surface area (Å²) in [5.41, 5.74) is 2.15. The molecule has 2 aliphatic heterocycles. The molecule has 2 N–H and O–H groups in total. The van der Waals surface area contributed by atoms with E-state index in [0.29, 0.717) is 18.7 Å². The van der Waals surface area contributed by atoms with Gasteiger partial charge in [-0.15, -0.1) is 0 Å². The topological polar surface area (TPSA) is 95.5 Å². The number of ether oxygens (including phenoxy) is 1. The summed E-state index contributed by atoms with van der Waals surface area (Å²) < 4.78 is 7.85. The average Bonchev–Trinajstić information content (AvgIpc) is 3.39. The number of H-pyrrole nitrogens is 1. The van der Waals surface area contributed by atoms with Gasteiger partial charge < -0.3 is 19.5 Å². The minimum Gasteiger partial charge on any atom is -0.375 e. The second-order valence-corrected chi connectivity index (χ2v) is 8.13. The molecular weight excluding hydrogens is 372 g/mol. The fourth-order valence-electron chi connectivity index (χ4n) is 4.11.